The quantitative estimate of drug-likeness (QED) is 0.126. The molecule has 126 valence electrons. The SMILES string of the molecule is CCCC(C)CCC(CCCCC(CI)CCC)C(=O)Cl. The molecule has 0 N–H and O–H groups in total. The topological polar surface area (TPSA) is 17.1 Å². The van der Waals surface area contributed by atoms with Crippen LogP contribution >= 0.6 is 34.2 Å². The highest BCUT2D eigenvalue weighted by Gasteiger charge is 2.17. The van der Waals surface area contributed by atoms with E-state index in [4.69, 9.17) is 11.6 Å². The third-order valence-corrected chi connectivity index (χ3v) is 5.99. The first kappa shape index (κ1) is 21.7. The molecule has 0 amide bonds. The summed E-state index contributed by atoms with van der Waals surface area (Å²) in [5, 5.41) is -0.113. The van der Waals surface area contributed by atoms with Crippen molar-refractivity contribution in [2.24, 2.45) is 17.8 Å². The first-order valence-corrected chi connectivity index (χ1v) is 10.7. The highest BCUT2D eigenvalue weighted by Crippen LogP contribution is 2.24. The summed E-state index contributed by atoms with van der Waals surface area (Å²) in [6, 6.07) is 0. The average Bonchev–Trinajstić information content (AvgIpc) is 2.45. The van der Waals surface area contributed by atoms with E-state index >= 15 is 0 Å². The molecule has 0 aromatic carbocycles. The number of unbranched alkanes of at least 4 members (excludes halogenated alkanes) is 1. The predicted octanol–water partition coefficient (Wildman–Crippen LogP) is 7.00. The van der Waals surface area contributed by atoms with Crippen LogP contribution in [0.25, 0.3) is 0 Å². The highest BCUT2D eigenvalue weighted by atomic mass is 127. The van der Waals surface area contributed by atoms with Crippen LogP contribution in [0.1, 0.15) is 85.0 Å². The fourth-order valence-corrected chi connectivity index (χ4v) is 4.12. The van der Waals surface area contributed by atoms with E-state index in [0.717, 1.165) is 37.5 Å². The van der Waals surface area contributed by atoms with Gasteiger partial charge in [-0.1, -0.05) is 75.5 Å². The summed E-state index contributed by atoms with van der Waals surface area (Å²) < 4.78 is 1.26. The Morgan fingerprint density at radius 1 is 0.952 bits per heavy atom. The molecule has 3 unspecified atom stereocenters. The molecule has 21 heavy (non-hydrogen) atoms. The molecule has 0 fully saturated rings. The van der Waals surface area contributed by atoms with Crippen LogP contribution in [-0.4, -0.2) is 9.67 Å². The molecule has 0 radical (unpaired) electrons. The van der Waals surface area contributed by atoms with E-state index in [1.54, 1.807) is 0 Å². The zero-order valence-electron chi connectivity index (χ0n) is 14.2. The Bertz CT molecular complexity index is 258. The van der Waals surface area contributed by atoms with Gasteiger partial charge in [-0.15, -0.1) is 0 Å². The van der Waals surface area contributed by atoms with Crippen molar-refractivity contribution in [1.82, 2.24) is 0 Å². The van der Waals surface area contributed by atoms with Gasteiger partial charge in [-0.3, -0.25) is 4.79 Å². The maximum absolute atomic E-state index is 11.6. The second-order valence-electron chi connectivity index (χ2n) is 6.57. The van der Waals surface area contributed by atoms with Gasteiger partial charge >= 0.3 is 0 Å². The van der Waals surface area contributed by atoms with Crippen LogP contribution in [0.5, 0.6) is 0 Å². The third-order valence-electron chi connectivity index (χ3n) is 4.44. The number of hydrogen-bond acceptors (Lipinski definition) is 1. The largest absolute Gasteiger partial charge is 0.281 e. The van der Waals surface area contributed by atoms with Gasteiger partial charge in [0.05, 0.1) is 0 Å². The molecule has 0 spiro atoms. The molecule has 3 atom stereocenters. The summed E-state index contributed by atoms with van der Waals surface area (Å²) in [6.07, 6.45) is 11.9. The van der Waals surface area contributed by atoms with Crippen LogP contribution in [0.2, 0.25) is 0 Å². The normalized spacial score (nSPS) is 15.7. The Morgan fingerprint density at radius 3 is 2.10 bits per heavy atom. The van der Waals surface area contributed by atoms with Crippen LogP contribution in [0.4, 0.5) is 0 Å². The lowest BCUT2D eigenvalue weighted by molar-refractivity contribution is -0.115. The first-order chi connectivity index (χ1) is 10.0. The van der Waals surface area contributed by atoms with E-state index in [1.807, 2.05) is 0 Å². The van der Waals surface area contributed by atoms with Gasteiger partial charge in [0.2, 0.25) is 5.24 Å². The number of halogens is 2. The van der Waals surface area contributed by atoms with Gasteiger partial charge in [-0.05, 0) is 55.5 Å². The maximum atomic E-state index is 11.6. The summed E-state index contributed by atoms with van der Waals surface area (Å²) >= 11 is 8.28. The molecule has 0 rings (SSSR count). The molecule has 0 aromatic heterocycles. The first-order valence-electron chi connectivity index (χ1n) is 8.80. The molecule has 3 heteroatoms. The number of rotatable bonds is 14. The highest BCUT2D eigenvalue weighted by molar-refractivity contribution is 14.1. The average molecular weight is 429 g/mol. The Kier molecular flexibility index (Phi) is 14.8. The minimum Gasteiger partial charge on any atom is -0.281 e. The lowest BCUT2D eigenvalue weighted by Crippen LogP contribution is -2.11. The van der Waals surface area contributed by atoms with E-state index < -0.39 is 0 Å². The van der Waals surface area contributed by atoms with E-state index in [9.17, 15) is 4.79 Å². The predicted molar refractivity (Wildman–Crippen MR) is 103 cm³/mol. The standard InChI is InChI=1S/C18H34ClIO/c1-4-8-15(3)12-13-17(18(19)21)11-7-6-10-16(14-20)9-5-2/h15-17H,4-14H2,1-3H3. The molecule has 0 saturated heterocycles. The number of alkyl halides is 1. The fraction of sp³-hybridized carbons (Fsp3) is 0.944. The van der Waals surface area contributed by atoms with E-state index in [1.165, 1.54) is 43.0 Å². The van der Waals surface area contributed by atoms with Crippen LogP contribution in [-0.2, 0) is 4.79 Å². The summed E-state index contributed by atoms with van der Waals surface area (Å²) in [5.74, 6) is 1.68. The van der Waals surface area contributed by atoms with Gasteiger partial charge in [-0.2, -0.15) is 0 Å². The molecule has 1 nitrogen and oxygen atoms in total. The Hall–Kier alpha value is 0.690. The smallest absolute Gasteiger partial charge is 0.224 e. The van der Waals surface area contributed by atoms with Crippen molar-refractivity contribution < 1.29 is 4.79 Å². The van der Waals surface area contributed by atoms with Gasteiger partial charge in [0.25, 0.3) is 0 Å². The molecule has 0 aliphatic heterocycles. The number of hydrogen-bond donors (Lipinski definition) is 0. The van der Waals surface area contributed by atoms with E-state index in [0.29, 0.717) is 0 Å². The minimum atomic E-state index is -0.113. The molecule has 0 aliphatic carbocycles. The van der Waals surface area contributed by atoms with Crippen molar-refractivity contribution >= 4 is 39.4 Å². The van der Waals surface area contributed by atoms with Gasteiger partial charge in [0.15, 0.2) is 0 Å². The lowest BCUT2D eigenvalue weighted by atomic mass is 9.90. The fourth-order valence-electron chi connectivity index (χ4n) is 3.02. The number of carbonyl (C=O) groups excluding carboxylic acids is 1. The lowest BCUT2D eigenvalue weighted by Gasteiger charge is -2.17. The van der Waals surface area contributed by atoms with Crippen molar-refractivity contribution in [2.45, 2.75) is 85.0 Å². The Morgan fingerprint density at radius 2 is 1.57 bits per heavy atom. The molecule has 0 aromatic rings. The molecule has 0 saturated carbocycles. The molecule has 0 bridgehead atoms. The number of carbonyl (C=O) groups is 1. The Labute approximate surface area is 151 Å². The Balaban J connectivity index is 3.91. The van der Waals surface area contributed by atoms with Gasteiger partial charge < -0.3 is 0 Å². The van der Waals surface area contributed by atoms with Crippen LogP contribution in [0.15, 0.2) is 0 Å². The summed E-state index contributed by atoms with van der Waals surface area (Å²) in [4.78, 5) is 11.6. The molecular formula is C18H34ClIO. The van der Waals surface area contributed by atoms with Crippen molar-refractivity contribution in [2.75, 3.05) is 4.43 Å². The van der Waals surface area contributed by atoms with Gasteiger partial charge in [-0.25, -0.2) is 0 Å². The van der Waals surface area contributed by atoms with E-state index in [-0.39, 0.29) is 11.2 Å². The zero-order valence-corrected chi connectivity index (χ0v) is 17.1. The van der Waals surface area contributed by atoms with Crippen molar-refractivity contribution in [3.05, 3.63) is 0 Å². The van der Waals surface area contributed by atoms with Crippen molar-refractivity contribution in [1.29, 1.82) is 0 Å². The summed E-state index contributed by atoms with van der Waals surface area (Å²) in [5.41, 5.74) is 0. The zero-order chi connectivity index (χ0) is 16.1. The molecule has 0 aliphatic rings. The summed E-state index contributed by atoms with van der Waals surface area (Å²) in [6.45, 7) is 6.77. The molecular weight excluding hydrogens is 395 g/mol. The summed E-state index contributed by atoms with van der Waals surface area (Å²) in [7, 11) is 0. The monoisotopic (exact) mass is 428 g/mol. The molecule has 0 heterocycles. The van der Waals surface area contributed by atoms with Crippen LogP contribution in [0.3, 0.4) is 0 Å². The minimum absolute atomic E-state index is 0.0928. The van der Waals surface area contributed by atoms with Gasteiger partial charge in [0.1, 0.15) is 0 Å². The van der Waals surface area contributed by atoms with E-state index in [2.05, 4.69) is 43.4 Å². The second kappa shape index (κ2) is 14.3. The van der Waals surface area contributed by atoms with Crippen molar-refractivity contribution in [3.8, 4) is 0 Å². The third kappa shape index (κ3) is 11.9. The maximum Gasteiger partial charge on any atom is 0.224 e. The van der Waals surface area contributed by atoms with Crippen LogP contribution in [0, 0.1) is 17.8 Å². The van der Waals surface area contributed by atoms with Crippen molar-refractivity contribution in [3.63, 3.8) is 0 Å². The van der Waals surface area contributed by atoms with Gasteiger partial charge in [0, 0.05) is 10.3 Å². The van der Waals surface area contributed by atoms with Crippen LogP contribution < -0.4 is 0 Å². The second-order valence-corrected chi connectivity index (χ2v) is 7.82.